The molecule has 3 N–H and O–H groups in total. The lowest BCUT2D eigenvalue weighted by molar-refractivity contribution is -0.123. The number of hydrogen-bond donors (Lipinski definition) is 3. The number of anilines is 1. The molecule has 6 nitrogen and oxygen atoms in total. The molecule has 26 heavy (non-hydrogen) atoms. The Labute approximate surface area is 156 Å². The van der Waals surface area contributed by atoms with E-state index in [1.165, 1.54) is 11.8 Å². The highest BCUT2D eigenvalue weighted by Gasteiger charge is 2.27. The van der Waals surface area contributed by atoms with Crippen LogP contribution in [0.2, 0.25) is 0 Å². The molecule has 2 aromatic rings. The second kappa shape index (κ2) is 8.73. The quantitative estimate of drug-likeness (QED) is 0.727. The average molecular weight is 371 g/mol. The normalized spacial score (nSPS) is 19.5. The van der Waals surface area contributed by atoms with Gasteiger partial charge in [0.1, 0.15) is 11.2 Å². The summed E-state index contributed by atoms with van der Waals surface area (Å²) < 4.78 is 5.23. The number of carbonyl (C=O) groups excluding carboxylic acids is 2. The number of nitrogens with one attached hydrogen (secondary N) is 3. The van der Waals surface area contributed by atoms with Crippen LogP contribution in [0.5, 0.6) is 5.75 Å². The monoisotopic (exact) mass is 371 g/mol. The lowest BCUT2D eigenvalue weighted by Crippen LogP contribution is -2.51. The van der Waals surface area contributed by atoms with Crippen molar-refractivity contribution >= 4 is 29.3 Å². The molecule has 2 amide bonds. The molecule has 2 unspecified atom stereocenters. The summed E-state index contributed by atoms with van der Waals surface area (Å²) in [4.78, 5) is 24.2. The maximum atomic E-state index is 12.2. The smallest absolute Gasteiger partial charge is 0.234 e. The minimum absolute atomic E-state index is 0.0276. The van der Waals surface area contributed by atoms with Crippen LogP contribution in [0.25, 0.3) is 0 Å². The van der Waals surface area contributed by atoms with E-state index in [9.17, 15) is 9.59 Å². The summed E-state index contributed by atoms with van der Waals surface area (Å²) in [5, 5.41) is 9.06. The minimum atomic E-state index is -0.315. The fraction of sp³-hybridized carbons (Fsp3) is 0.263. The zero-order chi connectivity index (χ0) is 18.4. The molecule has 7 heteroatoms. The van der Waals surface area contributed by atoms with Crippen LogP contribution in [0.1, 0.15) is 18.0 Å². The molecular formula is C19H21N3O3S. The molecular weight excluding hydrogens is 350 g/mol. The number of carbonyl (C=O) groups is 2. The van der Waals surface area contributed by atoms with E-state index in [2.05, 4.69) is 16.0 Å². The summed E-state index contributed by atoms with van der Waals surface area (Å²) in [6.07, 6.45) is 0.383. The summed E-state index contributed by atoms with van der Waals surface area (Å²) in [7, 11) is 1.56. The van der Waals surface area contributed by atoms with Gasteiger partial charge in [0.15, 0.2) is 0 Å². The molecule has 0 radical (unpaired) electrons. The zero-order valence-electron chi connectivity index (χ0n) is 14.4. The van der Waals surface area contributed by atoms with Gasteiger partial charge in [0.05, 0.1) is 18.6 Å². The summed E-state index contributed by atoms with van der Waals surface area (Å²) in [5.74, 6) is 0.633. The van der Waals surface area contributed by atoms with Gasteiger partial charge < -0.3 is 15.4 Å². The largest absolute Gasteiger partial charge is 0.495 e. The van der Waals surface area contributed by atoms with Gasteiger partial charge >= 0.3 is 0 Å². The van der Waals surface area contributed by atoms with Crippen LogP contribution in [0.3, 0.4) is 0 Å². The van der Waals surface area contributed by atoms with E-state index in [1.807, 2.05) is 42.5 Å². The van der Waals surface area contributed by atoms with Gasteiger partial charge in [0, 0.05) is 12.5 Å². The Balaban J connectivity index is 1.55. The van der Waals surface area contributed by atoms with Crippen molar-refractivity contribution in [2.75, 3.05) is 18.2 Å². The molecule has 0 saturated carbocycles. The Hall–Kier alpha value is -2.51. The Kier molecular flexibility index (Phi) is 6.14. The molecule has 1 fully saturated rings. The first kappa shape index (κ1) is 18.3. The second-order valence-corrected chi connectivity index (χ2v) is 6.93. The number of amides is 2. The topological polar surface area (TPSA) is 79.5 Å². The maximum Gasteiger partial charge on any atom is 0.234 e. The van der Waals surface area contributed by atoms with Gasteiger partial charge in [0.25, 0.3) is 0 Å². The average Bonchev–Trinajstić information content (AvgIpc) is 2.67. The fourth-order valence-electron chi connectivity index (χ4n) is 2.76. The number of benzene rings is 2. The number of ether oxygens (including phenoxy) is 1. The Morgan fingerprint density at radius 1 is 1.19 bits per heavy atom. The molecule has 1 heterocycles. The van der Waals surface area contributed by atoms with Gasteiger partial charge in [-0.15, -0.1) is 11.8 Å². The predicted molar refractivity (Wildman–Crippen MR) is 103 cm³/mol. The molecule has 2 aromatic carbocycles. The predicted octanol–water partition coefficient (Wildman–Crippen LogP) is 2.50. The summed E-state index contributed by atoms with van der Waals surface area (Å²) in [6.45, 7) is 0. The van der Waals surface area contributed by atoms with E-state index >= 15 is 0 Å². The zero-order valence-corrected chi connectivity index (χ0v) is 15.2. The molecule has 0 aliphatic carbocycles. The maximum absolute atomic E-state index is 12.2. The van der Waals surface area contributed by atoms with Gasteiger partial charge in [-0.1, -0.05) is 42.5 Å². The number of methoxy groups -OCH3 is 1. The van der Waals surface area contributed by atoms with Crippen LogP contribution >= 0.6 is 11.8 Å². The molecule has 3 rings (SSSR count). The van der Waals surface area contributed by atoms with E-state index in [1.54, 1.807) is 19.2 Å². The van der Waals surface area contributed by atoms with Crippen LogP contribution in [-0.4, -0.2) is 30.2 Å². The van der Waals surface area contributed by atoms with Crippen LogP contribution in [0.15, 0.2) is 54.6 Å². The first-order valence-electron chi connectivity index (χ1n) is 8.30. The summed E-state index contributed by atoms with van der Waals surface area (Å²) in [5.41, 5.74) is 1.37. The molecule has 1 aliphatic heterocycles. The van der Waals surface area contributed by atoms with Crippen molar-refractivity contribution in [2.45, 2.75) is 18.0 Å². The van der Waals surface area contributed by atoms with Crippen molar-refractivity contribution in [1.29, 1.82) is 0 Å². The molecule has 1 saturated heterocycles. The van der Waals surface area contributed by atoms with Crippen LogP contribution in [-0.2, 0) is 9.59 Å². The second-order valence-electron chi connectivity index (χ2n) is 5.84. The van der Waals surface area contributed by atoms with Gasteiger partial charge in [-0.05, 0) is 17.7 Å². The molecule has 0 spiro atoms. The third-order valence-corrected chi connectivity index (χ3v) is 5.01. The third-order valence-electron chi connectivity index (χ3n) is 4.00. The molecule has 136 valence electrons. The van der Waals surface area contributed by atoms with Crippen molar-refractivity contribution in [3.05, 3.63) is 60.2 Å². The van der Waals surface area contributed by atoms with Crippen molar-refractivity contribution in [1.82, 2.24) is 10.6 Å². The van der Waals surface area contributed by atoms with Crippen molar-refractivity contribution in [2.24, 2.45) is 0 Å². The van der Waals surface area contributed by atoms with E-state index in [4.69, 9.17) is 4.74 Å². The first-order valence-corrected chi connectivity index (χ1v) is 9.35. The fourth-order valence-corrected chi connectivity index (χ4v) is 3.62. The van der Waals surface area contributed by atoms with E-state index in [-0.39, 0.29) is 29.1 Å². The van der Waals surface area contributed by atoms with Gasteiger partial charge in [0.2, 0.25) is 11.8 Å². The summed E-state index contributed by atoms with van der Waals surface area (Å²) >= 11 is 1.34. The molecule has 2 atom stereocenters. The van der Waals surface area contributed by atoms with Gasteiger partial charge in [-0.3, -0.25) is 14.9 Å². The SMILES string of the molecule is COc1ccccc1NC(=O)CSC1NC(=O)CC(c2ccccc2)N1. The highest BCUT2D eigenvalue weighted by Crippen LogP contribution is 2.25. The number of para-hydroxylation sites is 2. The standard InChI is InChI=1S/C19H21N3O3S/c1-25-16-10-6-5-9-14(16)20-18(24)12-26-19-21-15(11-17(23)22-19)13-7-3-2-4-8-13/h2-10,15,19,21H,11-12H2,1H3,(H,20,24)(H,22,23). The van der Waals surface area contributed by atoms with Crippen molar-refractivity contribution in [3.63, 3.8) is 0 Å². The molecule has 0 aromatic heterocycles. The van der Waals surface area contributed by atoms with Crippen LogP contribution in [0, 0.1) is 0 Å². The number of hydrogen-bond acceptors (Lipinski definition) is 5. The van der Waals surface area contributed by atoms with Crippen LogP contribution in [0.4, 0.5) is 5.69 Å². The van der Waals surface area contributed by atoms with E-state index in [0.29, 0.717) is 17.9 Å². The highest BCUT2D eigenvalue weighted by atomic mass is 32.2. The van der Waals surface area contributed by atoms with E-state index < -0.39 is 0 Å². The Morgan fingerprint density at radius 3 is 2.69 bits per heavy atom. The molecule has 1 aliphatic rings. The van der Waals surface area contributed by atoms with Gasteiger partial charge in [-0.25, -0.2) is 0 Å². The van der Waals surface area contributed by atoms with Crippen LogP contribution < -0.4 is 20.7 Å². The lowest BCUT2D eigenvalue weighted by Gasteiger charge is -2.31. The van der Waals surface area contributed by atoms with E-state index in [0.717, 1.165) is 5.56 Å². The highest BCUT2D eigenvalue weighted by molar-refractivity contribution is 8.00. The first-order chi connectivity index (χ1) is 12.7. The lowest BCUT2D eigenvalue weighted by atomic mass is 10.0. The number of thioether (sulfide) groups is 1. The summed E-state index contributed by atoms with van der Waals surface area (Å²) in [6, 6.07) is 17.0. The van der Waals surface area contributed by atoms with Crippen molar-refractivity contribution < 1.29 is 14.3 Å². The minimum Gasteiger partial charge on any atom is -0.495 e. The number of rotatable bonds is 6. The third kappa shape index (κ3) is 4.77. The Morgan fingerprint density at radius 2 is 1.92 bits per heavy atom. The molecule has 0 bridgehead atoms. The van der Waals surface area contributed by atoms with Gasteiger partial charge in [-0.2, -0.15) is 0 Å². The van der Waals surface area contributed by atoms with Crippen molar-refractivity contribution in [3.8, 4) is 5.75 Å². The Bertz CT molecular complexity index is 770.